The van der Waals surface area contributed by atoms with Crippen LogP contribution < -0.4 is 15.5 Å². The Hall–Kier alpha value is -2.83. The number of unbranched alkanes of at least 4 members (excludes halogenated alkanes) is 1. The predicted molar refractivity (Wildman–Crippen MR) is 118 cm³/mol. The maximum absolute atomic E-state index is 13.1. The van der Waals surface area contributed by atoms with E-state index >= 15 is 0 Å². The maximum Gasteiger partial charge on any atom is 0.194 e. The number of aliphatic imine (C=N–C) groups is 1. The molecule has 1 aromatic carbocycles. The first-order valence-corrected chi connectivity index (χ1v) is 10.4. The van der Waals surface area contributed by atoms with Crippen molar-refractivity contribution in [2.24, 2.45) is 4.99 Å². The second-order valence-electron chi connectivity index (χ2n) is 7.04. The Morgan fingerprint density at radius 1 is 1.07 bits per heavy atom. The Balaban J connectivity index is 1.41. The fraction of sp³-hybridized carbons (Fsp3) is 0.455. The van der Waals surface area contributed by atoms with Gasteiger partial charge in [0.15, 0.2) is 5.96 Å². The summed E-state index contributed by atoms with van der Waals surface area (Å²) < 4.78 is 13.1. The highest BCUT2D eigenvalue weighted by atomic mass is 19.1. The van der Waals surface area contributed by atoms with Crippen molar-refractivity contribution in [1.29, 1.82) is 0 Å². The number of nitrogens with zero attached hydrogens (tertiary/aromatic N) is 4. The molecule has 0 spiro atoms. The van der Waals surface area contributed by atoms with E-state index in [9.17, 15) is 4.39 Å². The number of piperazine rings is 1. The smallest absolute Gasteiger partial charge is 0.194 e. The Bertz CT molecular complexity index is 742. The summed E-state index contributed by atoms with van der Waals surface area (Å²) in [4.78, 5) is 13.7. The summed E-state index contributed by atoms with van der Waals surface area (Å²) in [6, 6.07) is 12.6. The summed E-state index contributed by atoms with van der Waals surface area (Å²) in [6.07, 6.45) is 3.88. The molecule has 0 bridgehead atoms. The highest BCUT2D eigenvalue weighted by Crippen LogP contribution is 2.17. The van der Waals surface area contributed by atoms with Gasteiger partial charge in [-0.05, 0) is 56.2 Å². The fourth-order valence-electron chi connectivity index (χ4n) is 3.36. The number of halogens is 1. The topological polar surface area (TPSA) is 55.8 Å². The molecule has 3 rings (SSSR count). The summed E-state index contributed by atoms with van der Waals surface area (Å²) in [5.41, 5.74) is 1.08. The lowest BCUT2D eigenvalue weighted by Gasteiger charge is -2.37. The molecule has 0 unspecified atom stereocenters. The number of pyridine rings is 1. The molecule has 156 valence electrons. The van der Waals surface area contributed by atoms with Crippen molar-refractivity contribution in [3.63, 3.8) is 0 Å². The fourth-order valence-corrected chi connectivity index (χ4v) is 3.36. The predicted octanol–water partition coefficient (Wildman–Crippen LogP) is 3.20. The third-order valence-corrected chi connectivity index (χ3v) is 4.92. The van der Waals surface area contributed by atoms with Gasteiger partial charge in [-0.15, -0.1) is 0 Å². The average Bonchev–Trinajstić information content (AvgIpc) is 2.77. The third kappa shape index (κ3) is 6.62. The van der Waals surface area contributed by atoms with Crippen LogP contribution >= 0.6 is 0 Å². The molecular weight excluding hydrogens is 367 g/mol. The van der Waals surface area contributed by atoms with Crippen LogP contribution in [0.3, 0.4) is 0 Å². The minimum atomic E-state index is -0.191. The van der Waals surface area contributed by atoms with Gasteiger partial charge in [-0.1, -0.05) is 6.07 Å². The molecule has 0 radical (unpaired) electrons. The van der Waals surface area contributed by atoms with Gasteiger partial charge in [-0.2, -0.15) is 0 Å². The van der Waals surface area contributed by atoms with Crippen LogP contribution in [0.2, 0.25) is 0 Å². The molecule has 1 saturated heterocycles. The van der Waals surface area contributed by atoms with Crippen LogP contribution in [-0.2, 0) is 0 Å². The van der Waals surface area contributed by atoms with E-state index in [1.54, 1.807) is 6.20 Å². The Kier molecular flexibility index (Phi) is 8.10. The third-order valence-electron chi connectivity index (χ3n) is 4.92. The number of guanidine groups is 1. The van der Waals surface area contributed by atoms with Gasteiger partial charge in [-0.3, -0.25) is 4.99 Å². The monoisotopic (exact) mass is 398 g/mol. The van der Waals surface area contributed by atoms with Crippen LogP contribution in [0.5, 0.6) is 0 Å². The van der Waals surface area contributed by atoms with Crippen molar-refractivity contribution < 1.29 is 4.39 Å². The molecule has 0 saturated carbocycles. The minimum Gasteiger partial charge on any atom is -0.370 e. The number of hydrogen-bond acceptors (Lipinski definition) is 4. The Morgan fingerprint density at radius 3 is 2.55 bits per heavy atom. The molecule has 0 atom stereocenters. The molecule has 0 amide bonds. The summed E-state index contributed by atoms with van der Waals surface area (Å²) in [5.74, 6) is 1.72. The zero-order valence-corrected chi connectivity index (χ0v) is 17.1. The lowest BCUT2D eigenvalue weighted by atomic mass is 10.2. The summed E-state index contributed by atoms with van der Waals surface area (Å²) >= 11 is 0. The van der Waals surface area contributed by atoms with E-state index in [0.717, 1.165) is 76.1 Å². The number of benzene rings is 1. The van der Waals surface area contributed by atoms with Crippen LogP contribution in [0.4, 0.5) is 15.9 Å². The summed E-state index contributed by atoms with van der Waals surface area (Å²) in [5, 5.41) is 6.74. The van der Waals surface area contributed by atoms with Crippen molar-refractivity contribution in [3.8, 4) is 0 Å². The van der Waals surface area contributed by atoms with E-state index in [1.807, 2.05) is 30.3 Å². The van der Waals surface area contributed by atoms with Crippen molar-refractivity contribution in [1.82, 2.24) is 15.2 Å². The number of aromatic nitrogens is 1. The number of anilines is 2. The van der Waals surface area contributed by atoms with E-state index in [4.69, 9.17) is 4.99 Å². The van der Waals surface area contributed by atoms with Crippen LogP contribution in [0, 0.1) is 5.82 Å². The van der Waals surface area contributed by atoms with E-state index < -0.39 is 0 Å². The van der Waals surface area contributed by atoms with Crippen molar-refractivity contribution >= 4 is 17.5 Å². The molecule has 0 aliphatic carbocycles. The van der Waals surface area contributed by atoms with Gasteiger partial charge in [0, 0.05) is 57.7 Å². The lowest BCUT2D eigenvalue weighted by Crippen LogP contribution is -2.52. The zero-order valence-electron chi connectivity index (χ0n) is 17.1. The average molecular weight is 399 g/mol. The quantitative estimate of drug-likeness (QED) is 0.406. The summed E-state index contributed by atoms with van der Waals surface area (Å²) in [6.45, 7) is 8.30. The Morgan fingerprint density at radius 2 is 1.86 bits per heavy atom. The van der Waals surface area contributed by atoms with Crippen molar-refractivity contribution in [2.45, 2.75) is 19.8 Å². The molecule has 2 N–H and O–H groups in total. The second kappa shape index (κ2) is 11.2. The highest BCUT2D eigenvalue weighted by Gasteiger charge is 2.19. The first kappa shape index (κ1) is 20.9. The highest BCUT2D eigenvalue weighted by molar-refractivity contribution is 5.80. The maximum atomic E-state index is 13.1. The van der Waals surface area contributed by atoms with Crippen molar-refractivity contribution in [3.05, 3.63) is 54.5 Å². The molecule has 1 aliphatic heterocycles. The van der Waals surface area contributed by atoms with Crippen LogP contribution in [0.1, 0.15) is 19.8 Å². The molecule has 2 aromatic rings. The van der Waals surface area contributed by atoms with Crippen LogP contribution in [-0.4, -0.2) is 61.7 Å². The first-order valence-electron chi connectivity index (χ1n) is 10.4. The summed E-state index contributed by atoms with van der Waals surface area (Å²) in [7, 11) is 0. The normalized spacial score (nSPS) is 14.8. The number of nitrogens with one attached hydrogen (secondary N) is 2. The second-order valence-corrected chi connectivity index (χ2v) is 7.04. The largest absolute Gasteiger partial charge is 0.370 e. The van der Waals surface area contributed by atoms with Gasteiger partial charge in [0.25, 0.3) is 0 Å². The molecule has 7 heteroatoms. The van der Waals surface area contributed by atoms with Crippen LogP contribution in [0.25, 0.3) is 0 Å². The van der Waals surface area contributed by atoms with Gasteiger partial charge in [0.2, 0.25) is 0 Å². The molecule has 1 fully saturated rings. The van der Waals surface area contributed by atoms with Gasteiger partial charge >= 0.3 is 0 Å². The molecular formula is C22H31FN6. The van der Waals surface area contributed by atoms with Crippen LogP contribution in [0.15, 0.2) is 53.7 Å². The SMILES string of the molecule is CCNC(=NCCCCNc1ccccn1)N1CCN(c2ccc(F)cc2)CC1. The van der Waals surface area contributed by atoms with Crippen molar-refractivity contribution in [2.75, 3.05) is 56.0 Å². The van der Waals surface area contributed by atoms with Gasteiger partial charge < -0.3 is 20.4 Å². The molecule has 29 heavy (non-hydrogen) atoms. The van der Waals surface area contributed by atoms with Gasteiger partial charge in [-0.25, -0.2) is 9.37 Å². The zero-order chi connectivity index (χ0) is 20.3. The number of hydrogen-bond donors (Lipinski definition) is 2. The van der Waals surface area contributed by atoms with Gasteiger partial charge in [0.05, 0.1) is 0 Å². The molecule has 1 aliphatic rings. The first-order chi connectivity index (χ1) is 14.3. The van der Waals surface area contributed by atoms with E-state index in [-0.39, 0.29) is 5.82 Å². The Labute approximate surface area is 172 Å². The molecule has 2 heterocycles. The standard InChI is InChI=1S/C22H31FN6/c1-2-24-22(27-14-6-5-13-26-21-7-3-4-12-25-21)29-17-15-28(16-18-29)20-10-8-19(23)9-11-20/h3-4,7-12H,2,5-6,13-18H2,1H3,(H,24,27)(H,25,26). The van der Waals surface area contributed by atoms with Gasteiger partial charge in [0.1, 0.15) is 11.6 Å². The molecule has 1 aromatic heterocycles. The van der Waals surface area contributed by atoms with E-state index in [0.29, 0.717) is 0 Å². The lowest BCUT2D eigenvalue weighted by molar-refractivity contribution is 0.372. The number of rotatable bonds is 8. The minimum absolute atomic E-state index is 0.191. The molecule has 6 nitrogen and oxygen atoms in total. The van der Waals surface area contributed by atoms with E-state index in [2.05, 4.69) is 32.3 Å². The van der Waals surface area contributed by atoms with E-state index in [1.165, 1.54) is 12.1 Å².